The Bertz CT molecular complexity index is 673. The summed E-state index contributed by atoms with van der Waals surface area (Å²) in [6.07, 6.45) is 0.853. The quantitative estimate of drug-likeness (QED) is 0.850. The molecular weight excluding hydrogens is 357 g/mol. The normalized spacial score (nSPS) is 17.1. The monoisotopic (exact) mass is 383 g/mol. The van der Waals surface area contributed by atoms with Crippen molar-refractivity contribution in [3.63, 3.8) is 0 Å². The Balaban J connectivity index is 1.94. The summed E-state index contributed by atoms with van der Waals surface area (Å²) < 4.78 is 13.2. The third kappa shape index (κ3) is 4.95. The van der Waals surface area contributed by atoms with Crippen LogP contribution in [-0.2, 0) is 4.79 Å². The molecule has 144 valence electrons. The highest BCUT2D eigenvalue weighted by Crippen LogP contribution is 2.20. The van der Waals surface area contributed by atoms with Gasteiger partial charge in [0, 0.05) is 31.7 Å². The lowest BCUT2D eigenvalue weighted by Gasteiger charge is -2.38. The molecule has 1 aromatic rings. The minimum absolute atomic E-state index is 0.00166. The van der Waals surface area contributed by atoms with Crippen LogP contribution in [0.5, 0.6) is 0 Å². The summed E-state index contributed by atoms with van der Waals surface area (Å²) in [6.45, 7) is 10.1. The first kappa shape index (κ1) is 20.6. The molecule has 1 aromatic carbocycles. The number of halogens is 2. The van der Waals surface area contributed by atoms with Gasteiger partial charge < -0.3 is 10.2 Å². The second-order valence-electron chi connectivity index (χ2n) is 7.35. The lowest BCUT2D eigenvalue weighted by Crippen LogP contribution is -2.57. The number of rotatable bonds is 5. The maximum atomic E-state index is 13.2. The van der Waals surface area contributed by atoms with Crippen LogP contribution in [0.15, 0.2) is 18.2 Å². The molecule has 1 heterocycles. The van der Waals surface area contributed by atoms with Crippen molar-refractivity contribution >= 4 is 23.4 Å². The van der Waals surface area contributed by atoms with Crippen LogP contribution in [0, 0.1) is 5.82 Å². The van der Waals surface area contributed by atoms with Crippen LogP contribution in [0.1, 0.15) is 44.5 Å². The van der Waals surface area contributed by atoms with E-state index >= 15 is 0 Å². The topological polar surface area (TPSA) is 52.7 Å². The summed E-state index contributed by atoms with van der Waals surface area (Å²) in [6, 6.07) is 3.53. The highest BCUT2D eigenvalue weighted by Gasteiger charge is 2.30. The molecule has 1 unspecified atom stereocenters. The van der Waals surface area contributed by atoms with E-state index in [9.17, 15) is 14.0 Å². The minimum atomic E-state index is -0.466. The van der Waals surface area contributed by atoms with Crippen molar-refractivity contribution in [1.82, 2.24) is 15.1 Å². The molecule has 1 N–H and O–H groups in total. The van der Waals surface area contributed by atoms with Crippen LogP contribution < -0.4 is 5.32 Å². The molecule has 5 nitrogen and oxygen atoms in total. The summed E-state index contributed by atoms with van der Waals surface area (Å²) in [5, 5.41) is 3.18. The number of carbonyl (C=O) groups is 2. The first-order valence-corrected chi connectivity index (χ1v) is 9.33. The number of amides is 2. The molecule has 0 spiro atoms. The van der Waals surface area contributed by atoms with E-state index in [1.165, 1.54) is 12.1 Å². The summed E-state index contributed by atoms with van der Waals surface area (Å²) in [5.74, 6) is -0.678. The average molecular weight is 384 g/mol. The van der Waals surface area contributed by atoms with Gasteiger partial charge in [-0.05, 0) is 45.4 Å². The largest absolute Gasteiger partial charge is 0.350 e. The Morgan fingerprint density at radius 2 is 1.88 bits per heavy atom. The zero-order valence-electron chi connectivity index (χ0n) is 15.8. The van der Waals surface area contributed by atoms with Crippen LogP contribution in [-0.4, -0.2) is 59.4 Å². The predicted molar refractivity (Wildman–Crippen MR) is 101 cm³/mol. The molecule has 1 saturated heterocycles. The smallest absolute Gasteiger partial charge is 0.255 e. The fourth-order valence-electron chi connectivity index (χ4n) is 2.84. The molecule has 0 aromatic heterocycles. The fourth-order valence-corrected chi connectivity index (χ4v) is 3.09. The van der Waals surface area contributed by atoms with Crippen molar-refractivity contribution in [2.75, 3.05) is 26.2 Å². The lowest BCUT2D eigenvalue weighted by atomic mass is 10.0. The molecule has 7 heteroatoms. The van der Waals surface area contributed by atoms with E-state index in [1.54, 1.807) is 4.90 Å². The standard InChI is InChI=1S/C19H27ClFN3O2/c1-5-19(3,4)22-17(25)13(2)23-8-10-24(11-9-23)18(26)15-7-6-14(21)12-16(15)20/h6-7,12-13H,5,8-11H2,1-4H3,(H,22,25). The number of nitrogens with one attached hydrogen (secondary N) is 1. The first-order chi connectivity index (χ1) is 12.1. The van der Waals surface area contributed by atoms with Crippen molar-refractivity contribution in [2.45, 2.75) is 45.7 Å². The van der Waals surface area contributed by atoms with Crippen LogP contribution in [0.4, 0.5) is 4.39 Å². The summed E-state index contributed by atoms with van der Waals surface area (Å²) >= 11 is 5.99. The molecule has 0 saturated carbocycles. The Morgan fingerprint density at radius 1 is 1.27 bits per heavy atom. The van der Waals surface area contributed by atoms with Crippen LogP contribution in [0.3, 0.4) is 0 Å². The van der Waals surface area contributed by atoms with Crippen molar-refractivity contribution in [3.8, 4) is 0 Å². The molecule has 1 atom stereocenters. The maximum absolute atomic E-state index is 13.2. The number of carbonyl (C=O) groups excluding carboxylic acids is 2. The van der Waals surface area contributed by atoms with E-state index < -0.39 is 5.82 Å². The van der Waals surface area contributed by atoms with Crippen molar-refractivity contribution in [1.29, 1.82) is 0 Å². The second kappa shape index (κ2) is 8.35. The van der Waals surface area contributed by atoms with Gasteiger partial charge in [-0.1, -0.05) is 18.5 Å². The van der Waals surface area contributed by atoms with Crippen LogP contribution >= 0.6 is 11.6 Å². The number of hydrogen-bond acceptors (Lipinski definition) is 3. The molecule has 0 bridgehead atoms. The summed E-state index contributed by atoms with van der Waals surface area (Å²) in [4.78, 5) is 28.8. The van der Waals surface area contributed by atoms with Gasteiger partial charge in [-0.3, -0.25) is 14.5 Å². The molecule has 0 radical (unpaired) electrons. The highest BCUT2D eigenvalue weighted by atomic mass is 35.5. The second-order valence-corrected chi connectivity index (χ2v) is 7.76. The van der Waals surface area contributed by atoms with Gasteiger partial charge in [0.15, 0.2) is 0 Å². The Hall–Kier alpha value is -1.66. The van der Waals surface area contributed by atoms with Crippen molar-refractivity contribution in [2.24, 2.45) is 0 Å². The first-order valence-electron chi connectivity index (χ1n) is 8.95. The van der Waals surface area contributed by atoms with Gasteiger partial charge in [0.25, 0.3) is 5.91 Å². The van der Waals surface area contributed by atoms with E-state index in [0.29, 0.717) is 31.7 Å². The van der Waals surface area contributed by atoms with Gasteiger partial charge in [0.2, 0.25) is 5.91 Å². The van der Waals surface area contributed by atoms with E-state index in [4.69, 9.17) is 11.6 Å². The molecule has 2 amide bonds. The zero-order valence-corrected chi connectivity index (χ0v) is 16.6. The van der Waals surface area contributed by atoms with Gasteiger partial charge in [-0.25, -0.2) is 4.39 Å². The lowest BCUT2D eigenvalue weighted by molar-refractivity contribution is -0.128. The maximum Gasteiger partial charge on any atom is 0.255 e. The molecular formula is C19H27ClFN3O2. The third-order valence-corrected chi connectivity index (χ3v) is 5.35. The molecule has 1 aliphatic heterocycles. The van der Waals surface area contributed by atoms with Gasteiger partial charge in [0.1, 0.15) is 5.82 Å². The predicted octanol–water partition coefficient (Wildman–Crippen LogP) is 2.93. The Kier molecular flexibility index (Phi) is 6.64. The number of benzene rings is 1. The third-order valence-electron chi connectivity index (χ3n) is 5.04. The number of hydrogen-bond donors (Lipinski definition) is 1. The van der Waals surface area contributed by atoms with Crippen molar-refractivity contribution < 1.29 is 14.0 Å². The highest BCUT2D eigenvalue weighted by molar-refractivity contribution is 6.33. The molecule has 26 heavy (non-hydrogen) atoms. The number of nitrogens with zero attached hydrogens (tertiary/aromatic N) is 2. The zero-order chi connectivity index (χ0) is 19.5. The molecule has 0 aliphatic carbocycles. The fraction of sp³-hybridized carbons (Fsp3) is 0.579. The van der Waals surface area contributed by atoms with Crippen LogP contribution in [0.25, 0.3) is 0 Å². The average Bonchev–Trinajstić information content (AvgIpc) is 2.60. The van der Waals surface area contributed by atoms with Gasteiger partial charge in [-0.2, -0.15) is 0 Å². The van der Waals surface area contributed by atoms with E-state index in [1.807, 2.05) is 27.7 Å². The van der Waals surface area contributed by atoms with E-state index in [2.05, 4.69) is 10.2 Å². The van der Waals surface area contributed by atoms with Gasteiger partial charge in [0.05, 0.1) is 16.6 Å². The van der Waals surface area contributed by atoms with Crippen molar-refractivity contribution in [3.05, 3.63) is 34.6 Å². The van der Waals surface area contributed by atoms with Crippen LogP contribution in [0.2, 0.25) is 5.02 Å². The van der Waals surface area contributed by atoms with E-state index in [0.717, 1.165) is 12.5 Å². The van der Waals surface area contributed by atoms with E-state index in [-0.39, 0.29) is 28.4 Å². The summed E-state index contributed by atoms with van der Waals surface area (Å²) in [7, 11) is 0. The number of piperazine rings is 1. The Labute approximate surface area is 159 Å². The van der Waals surface area contributed by atoms with Gasteiger partial charge in [-0.15, -0.1) is 0 Å². The molecule has 2 rings (SSSR count). The molecule has 1 fully saturated rings. The molecule has 1 aliphatic rings. The SMILES string of the molecule is CCC(C)(C)NC(=O)C(C)N1CCN(C(=O)c2ccc(F)cc2Cl)CC1. The summed E-state index contributed by atoms with van der Waals surface area (Å²) in [5.41, 5.74) is 0.0691. The van der Waals surface area contributed by atoms with Gasteiger partial charge >= 0.3 is 0 Å². The Morgan fingerprint density at radius 3 is 2.42 bits per heavy atom. The minimum Gasteiger partial charge on any atom is -0.350 e.